The maximum absolute atomic E-state index is 10.9. The fourth-order valence-corrected chi connectivity index (χ4v) is 4.17. The van der Waals surface area contributed by atoms with E-state index in [1.165, 1.54) is 24.0 Å². The maximum Gasteiger partial charge on any atom is 0.0940 e. The van der Waals surface area contributed by atoms with Gasteiger partial charge in [-0.3, -0.25) is 0 Å². The van der Waals surface area contributed by atoms with Crippen LogP contribution in [0.4, 0.5) is 0 Å². The minimum atomic E-state index is -0.330. The molecular formula is C19H28O2. The van der Waals surface area contributed by atoms with Gasteiger partial charge in [0.15, 0.2) is 0 Å². The zero-order chi connectivity index (χ0) is 14.9. The van der Waals surface area contributed by atoms with Crippen LogP contribution in [-0.4, -0.2) is 23.4 Å². The van der Waals surface area contributed by atoms with Gasteiger partial charge in [0, 0.05) is 6.61 Å². The van der Waals surface area contributed by atoms with Crippen LogP contribution in [0.2, 0.25) is 0 Å². The lowest BCUT2D eigenvalue weighted by Crippen LogP contribution is -2.48. The SMILES string of the molecule is CCOC1(C(O)CC2Cc3ccccc32)CCC(C)CC1. The lowest BCUT2D eigenvalue weighted by molar-refractivity contribution is -0.148. The number of fused-ring (bicyclic) bond motifs is 1. The van der Waals surface area contributed by atoms with E-state index in [4.69, 9.17) is 4.74 Å². The summed E-state index contributed by atoms with van der Waals surface area (Å²) < 4.78 is 6.09. The largest absolute Gasteiger partial charge is 0.390 e. The van der Waals surface area contributed by atoms with Gasteiger partial charge >= 0.3 is 0 Å². The third-order valence-electron chi connectivity index (χ3n) is 5.63. The summed E-state index contributed by atoms with van der Waals surface area (Å²) in [5.74, 6) is 1.29. The Kier molecular flexibility index (Phi) is 4.37. The van der Waals surface area contributed by atoms with E-state index >= 15 is 0 Å². The average Bonchev–Trinajstić information content (AvgIpc) is 2.47. The van der Waals surface area contributed by atoms with E-state index in [0.717, 1.165) is 31.6 Å². The van der Waals surface area contributed by atoms with Crippen LogP contribution in [0.25, 0.3) is 0 Å². The van der Waals surface area contributed by atoms with E-state index in [2.05, 4.69) is 31.2 Å². The molecule has 1 N–H and O–H groups in total. The first-order valence-corrected chi connectivity index (χ1v) is 8.54. The van der Waals surface area contributed by atoms with Gasteiger partial charge in [-0.05, 0) is 68.4 Å². The quantitative estimate of drug-likeness (QED) is 0.885. The van der Waals surface area contributed by atoms with Gasteiger partial charge < -0.3 is 9.84 Å². The fourth-order valence-electron chi connectivity index (χ4n) is 4.17. The molecule has 3 rings (SSSR count). The maximum atomic E-state index is 10.9. The Morgan fingerprint density at radius 2 is 2.00 bits per heavy atom. The van der Waals surface area contributed by atoms with Crippen LogP contribution in [0.3, 0.4) is 0 Å². The first-order valence-electron chi connectivity index (χ1n) is 8.54. The van der Waals surface area contributed by atoms with Crippen molar-refractivity contribution in [2.45, 2.75) is 70.0 Å². The van der Waals surface area contributed by atoms with Crippen molar-refractivity contribution in [2.75, 3.05) is 6.61 Å². The standard InChI is InChI=1S/C19H28O2/c1-3-21-19(10-8-14(2)9-11-19)18(20)13-16-12-15-6-4-5-7-17(15)16/h4-7,14,16,18,20H,3,8-13H2,1-2H3. The molecule has 1 fully saturated rings. The van der Waals surface area contributed by atoms with Crippen LogP contribution in [-0.2, 0) is 11.2 Å². The molecule has 0 radical (unpaired) electrons. The van der Waals surface area contributed by atoms with Crippen molar-refractivity contribution >= 4 is 0 Å². The number of rotatable bonds is 5. The number of aliphatic hydroxyl groups is 1. The Morgan fingerprint density at radius 1 is 1.29 bits per heavy atom. The molecule has 2 atom stereocenters. The predicted molar refractivity (Wildman–Crippen MR) is 85.5 cm³/mol. The van der Waals surface area contributed by atoms with Crippen molar-refractivity contribution < 1.29 is 9.84 Å². The fraction of sp³-hybridized carbons (Fsp3) is 0.684. The van der Waals surface area contributed by atoms with Crippen LogP contribution in [0.1, 0.15) is 63.0 Å². The molecule has 0 saturated heterocycles. The van der Waals surface area contributed by atoms with Gasteiger partial charge in [-0.1, -0.05) is 31.2 Å². The minimum absolute atomic E-state index is 0.286. The molecule has 0 aromatic heterocycles. The van der Waals surface area contributed by atoms with E-state index < -0.39 is 0 Å². The topological polar surface area (TPSA) is 29.5 Å². The Balaban J connectivity index is 1.67. The molecule has 1 saturated carbocycles. The van der Waals surface area contributed by atoms with E-state index in [9.17, 15) is 5.11 Å². The van der Waals surface area contributed by atoms with Crippen molar-refractivity contribution in [2.24, 2.45) is 5.92 Å². The molecule has 0 amide bonds. The summed E-state index contributed by atoms with van der Waals surface area (Å²) in [5.41, 5.74) is 2.61. The van der Waals surface area contributed by atoms with Crippen molar-refractivity contribution in [3.8, 4) is 0 Å². The van der Waals surface area contributed by atoms with Gasteiger partial charge in [0.2, 0.25) is 0 Å². The number of ether oxygens (including phenoxy) is 1. The summed E-state index contributed by atoms with van der Waals surface area (Å²) in [4.78, 5) is 0. The van der Waals surface area contributed by atoms with Gasteiger partial charge in [-0.15, -0.1) is 0 Å². The summed E-state index contributed by atoms with van der Waals surface area (Å²) in [7, 11) is 0. The van der Waals surface area contributed by atoms with Gasteiger partial charge in [0.05, 0.1) is 11.7 Å². The van der Waals surface area contributed by atoms with Gasteiger partial charge in [-0.2, -0.15) is 0 Å². The molecule has 1 aromatic carbocycles. The Bertz CT molecular complexity index is 474. The number of aliphatic hydroxyl groups excluding tert-OH is 1. The van der Waals surface area contributed by atoms with Crippen LogP contribution < -0.4 is 0 Å². The molecule has 2 aliphatic carbocycles. The highest BCUT2D eigenvalue weighted by molar-refractivity contribution is 5.40. The molecule has 0 bridgehead atoms. The molecule has 2 unspecified atom stereocenters. The van der Waals surface area contributed by atoms with Crippen LogP contribution in [0.15, 0.2) is 24.3 Å². The van der Waals surface area contributed by atoms with Crippen LogP contribution in [0.5, 0.6) is 0 Å². The molecule has 21 heavy (non-hydrogen) atoms. The summed E-state index contributed by atoms with van der Waals surface area (Å²) >= 11 is 0. The second-order valence-corrected chi connectivity index (χ2v) is 7.03. The normalized spacial score (nSPS) is 33.1. The molecule has 2 nitrogen and oxygen atoms in total. The number of hydrogen-bond donors (Lipinski definition) is 1. The van der Waals surface area contributed by atoms with E-state index in [1.54, 1.807) is 0 Å². The van der Waals surface area contributed by atoms with E-state index in [-0.39, 0.29) is 11.7 Å². The molecule has 1 aromatic rings. The molecular weight excluding hydrogens is 260 g/mol. The van der Waals surface area contributed by atoms with E-state index in [0.29, 0.717) is 12.5 Å². The second kappa shape index (κ2) is 6.10. The highest BCUT2D eigenvalue weighted by Gasteiger charge is 2.43. The molecule has 116 valence electrons. The highest BCUT2D eigenvalue weighted by atomic mass is 16.5. The second-order valence-electron chi connectivity index (χ2n) is 7.03. The Labute approximate surface area is 128 Å². The zero-order valence-corrected chi connectivity index (χ0v) is 13.3. The minimum Gasteiger partial charge on any atom is -0.390 e. The average molecular weight is 288 g/mol. The predicted octanol–water partition coefficient (Wildman–Crippen LogP) is 4.06. The molecule has 0 spiro atoms. The van der Waals surface area contributed by atoms with Crippen LogP contribution in [0, 0.1) is 5.92 Å². The zero-order valence-electron chi connectivity index (χ0n) is 13.3. The van der Waals surface area contributed by atoms with E-state index in [1.807, 2.05) is 6.92 Å². The first kappa shape index (κ1) is 15.1. The Morgan fingerprint density at radius 3 is 2.67 bits per heavy atom. The molecule has 0 heterocycles. The van der Waals surface area contributed by atoms with Gasteiger partial charge in [0.25, 0.3) is 0 Å². The summed E-state index contributed by atoms with van der Waals surface area (Å²) in [5, 5.41) is 10.9. The molecule has 2 aliphatic rings. The molecule has 0 aliphatic heterocycles. The third kappa shape index (κ3) is 2.89. The lowest BCUT2D eigenvalue weighted by Gasteiger charge is -2.44. The number of benzene rings is 1. The third-order valence-corrected chi connectivity index (χ3v) is 5.63. The summed E-state index contributed by atoms with van der Waals surface area (Å²) in [6.45, 7) is 5.06. The molecule has 2 heteroatoms. The van der Waals surface area contributed by atoms with Crippen molar-refractivity contribution in [3.63, 3.8) is 0 Å². The van der Waals surface area contributed by atoms with Gasteiger partial charge in [0.1, 0.15) is 0 Å². The Hall–Kier alpha value is -0.860. The lowest BCUT2D eigenvalue weighted by atomic mass is 9.69. The van der Waals surface area contributed by atoms with Gasteiger partial charge in [-0.25, -0.2) is 0 Å². The van der Waals surface area contributed by atoms with Crippen molar-refractivity contribution in [1.29, 1.82) is 0 Å². The van der Waals surface area contributed by atoms with Crippen molar-refractivity contribution in [1.82, 2.24) is 0 Å². The summed E-state index contributed by atoms with van der Waals surface area (Å²) in [6, 6.07) is 8.64. The smallest absolute Gasteiger partial charge is 0.0940 e. The van der Waals surface area contributed by atoms with Crippen LogP contribution >= 0.6 is 0 Å². The first-order chi connectivity index (χ1) is 10.1. The monoisotopic (exact) mass is 288 g/mol. The summed E-state index contributed by atoms with van der Waals surface area (Å²) in [6.07, 6.45) is 6.02. The highest BCUT2D eigenvalue weighted by Crippen LogP contribution is 2.44. The number of hydrogen-bond acceptors (Lipinski definition) is 2. The van der Waals surface area contributed by atoms with Crippen molar-refractivity contribution in [3.05, 3.63) is 35.4 Å².